The van der Waals surface area contributed by atoms with E-state index in [4.69, 9.17) is 5.73 Å². The fourth-order valence-corrected chi connectivity index (χ4v) is 5.92. The van der Waals surface area contributed by atoms with Crippen molar-refractivity contribution in [2.24, 2.45) is 17.8 Å². The van der Waals surface area contributed by atoms with Crippen LogP contribution < -0.4 is 5.73 Å². The van der Waals surface area contributed by atoms with Gasteiger partial charge in [0, 0.05) is 6.20 Å². The maximum Gasteiger partial charge on any atom is 0.202 e. The van der Waals surface area contributed by atoms with Gasteiger partial charge in [0.1, 0.15) is 5.52 Å². The summed E-state index contributed by atoms with van der Waals surface area (Å²) in [6.45, 7) is 2.10. The van der Waals surface area contributed by atoms with Crippen molar-refractivity contribution < 1.29 is 0 Å². The summed E-state index contributed by atoms with van der Waals surface area (Å²) in [4.78, 5) is 9.29. The van der Waals surface area contributed by atoms with Crippen LogP contribution in [-0.4, -0.2) is 14.5 Å². The van der Waals surface area contributed by atoms with Crippen molar-refractivity contribution in [1.82, 2.24) is 14.5 Å². The van der Waals surface area contributed by atoms with Crippen LogP contribution in [0.1, 0.15) is 44.1 Å². The van der Waals surface area contributed by atoms with E-state index in [-0.39, 0.29) is 5.54 Å². The predicted molar refractivity (Wildman–Crippen MR) is 82.8 cm³/mol. The van der Waals surface area contributed by atoms with E-state index < -0.39 is 0 Å². The zero-order valence-electron chi connectivity index (χ0n) is 12.5. The van der Waals surface area contributed by atoms with E-state index in [1.54, 1.807) is 0 Å². The summed E-state index contributed by atoms with van der Waals surface area (Å²) >= 11 is 0. The SMILES string of the molecule is Cc1ccnc2c1nc(N)n2C12CC3CC(CC(C3)C1)C2. The second-order valence-electron chi connectivity index (χ2n) is 7.75. The number of hydrogen-bond donors (Lipinski definition) is 1. The summed E-state index contributed by atoms with van der Waals surface area (Å²) in [5, 5.41) is 0. The first-order valence-electron chi connectivity index (χ1n) is 8.25. The van der Waals surface area contributed by atoms with Crippen LogP contribution in [-0.2, 0) is 5.54 Å². The number of nitrogens with zero attached hydrogens (tertiary/aromatic N) is 3. The Morgan fingerprint density at radius 2 is 1.76 bits per heavy atom. The third-order valence-electron chi connectivity index (χ3n) is 6.25. The monoisotopic (exact) mass is 282 g/mol. The molecule has 6 rings (SSSR count). The minimum atomic E-state index is 0.203. The Labute approximate surface area is 124 Å². The normalized spacial score (nSPS) is 37.5. The van der Waals surface area contributed by atoms with Crippen LogP contribution in [0, 0.1) is 24.7 Å². The van der Waals surface area contributed by atoms with Gasteiger partial charge in [-0.15, -0.1) is 0 Å². The summed E-state index contributed by atoms with van der Waals surface area (Å²) in [7, 11) is 0. The fourth-order valence-electron chi connectivity index (χ4n) is 5.92. The number of nitrogens with two attached hydrogens (primary N) is 1. The lowest BCUT2D eigenvalue weighted by Gasteiger charge is -2.57. The fraction of sp³-hybridized carbons (Fsp3) is 0.647. The zero-order valence-corrected chi connectivity index (χ0v) is 12.5. The van der Waals surface area contributed by atoms with Gasteiger partial charge in [0.2, 0.25) is 5.95 Å². The molecule has 0 radical (unpaired) electrons. The maximum absolute atomic E-state index is 6.36. The van der Waals surface area contributed by atoms with Crippen molar-refractivity contribution in [2.45, 2.75) is 51.0 Å². The molecule has 4 aliphatic rings. The van der Waals surface area contributed by atoms with Crippen LogP contribution in [0.15, 0.2) is 12.3 Å². The topological polar surface area (TPSA) is 56.7 Å². The molecule has 0 saturated heterocycles. The van der Waals surface area contributed by atoms with E-state index in [1.807, 2.05) is 12.3 Å². The second-order valence-corrected chi connectivity index (χ2v) is 7.75. The highest BCUT2D eigenvalue weighted by Gasteiger charge is 2.53. The van der Waals surface area contributed by atoms with Crippen molar-refractivity contribution in [2.75, 3.05) is 5.73 Å². The smallest absolute Gasteiger partial charge is 0.202 e. The van der Waals surface area contributed by atoms with Crippen molar-refractivity contribution in [3.05, 3.63) is 17.8 Å². The third-order valence-corrected chi connectivity index (χ3v) is 6.25. The molecule has 4 bridgehead atoms. The number of anilines is 1. The van der Waals surface area contributed by atoms with E-state index in [0.717, 1.165) is 28.9 Å². The highest BCUT2D eigenvalue weighted by Crippen LogP contribution is 2.59. The minimum absolute atomic E-state index is 0.203. The highest BCUT2D eigenvalue weighted by atomic mass is 15.2. The summed E-state index contributed by atoms with van der Waals surface area (Å²) in [6.07, 6.45) is 10.1. The van der Waals surface area contributed by atoms with Gasteiger partial charge < -0.3 is 5.73 Å². The molecule has 2 heterocycles. The predicted octanol–water partition coefficient (Wildman–Crippen LogP) is 3.25. The van der Waals surface area contributed by atoms with Gasteiger partial charge in [0.25, 0.3) is 0 Å². The lowest BCUT2D eigenvalue weighted by molar-refractivity contribution is -0.0401. The second kappa shape index (κ2) is 3.79. The molecule has 0 spiro atoms. The Bertz CT molecular complexity index is 694. The Morgan fingerprint density at radius 1 is 1.14 bits per heavy atom. The van der Waals surface area contributed by atoms with E-state index in [0.29, 0.717) is 5.95 Å². The number of hydrogen-bond acceptors (Lipinski definition) is 3. The molecule has 0 unspecified atom stereocenters. The first-order chi connectivity index (χ1) is 10.1. The van der Waals surface area contributed by atoms with Crippen LogP contribution in [0.4, 0.5) is 5.95 Å². The van der Waals surface area contributed by atoms with E-state index in [2.05, 4.69) is 21.5 Å². The number of aryl methyl sites for hydroxylation is 1. The Hall–Kier alpha value is -1.58. The Kier molecular flexibility index (Phi) is 2.17. The molecule has 2 N–H and O–H groups in total. The van der Waals surface area contributed by atoms with Crippen LogP contribution in [0.2, 0.25) is 0 Å². The molecule has 2 aromatic heterocycles. The molecule has 4 heteroatoms. The molecule has 0 aliphatic heterocycles. The quantitative estimate of drug-likeness (QED) is 0.873. The molecule has 4 aliphatic carbocycles. The van der Waals surface area contributed by atoms with Crippen LogP contribution in [0.5, 0.6) is 0 Å². The van der Waals surface area contributed by atoms with Crippen molar-refractivity contribution >= 4 is 17.1 Å². The van der Waals surface area contributed by atoms with Crippen LogP contribution in [0.25, 0.3) is 11.2 Å². The zero-order chi connectivity index (χ0) is 14.2. The largest absolute Gasteiger partial charge is 0.369 e. The van der Waals surface area contributed by atoms with Gasteiger partial charge in [0.05, 0.1) is 5.54 Å². The maximum atomic E-state index is 6.36. The van der Waals surface area contributed by atoms with Gasteiger partial charge in [-0.25, -0.2) is 9.97 Å². The number of aromatic nitrogens is 3. The minimum Gasteiger partial charge on any atom is -0.369 e. The lowest BCUT2D eigenvalue weighted by Crippen LogP contribution is -2.52. The van der Waals surface area contributed by atoms with E-state index in [9.17, 15) is 0 Å². The summed E-state index contributed by atoms with van der Waals surface area (Å²) in [6, 6.07) is 2.03. The van der Waals surface area contributed by atoms with Gasteiger partial charge in [-0.05, 0) is 74.8 Å². The summed E-state index contributed by atoms with van der Waals surface area (Å²) in [5.41, 5.74) is 9.73. The number of fused-ring (bicyclic) bond motifs is 1. The van der Waals surface area contributed by atoms with Gasteiger partial charge in [-0.3, -0.25) is 4.57 Å². The summed E-state index contributed by atoms with van der Waals surface area (Å²) in [5.74, 6) is 3.38. The first-order valence-corrected chi connectivity index (χ1v) is 8.25. The average molecular weight is 282 g/mol. The molecule has 4 fully saturated rings. The third kappa shape index (κ3) is 1.51. The van der Waals surface area contributed by atoms with Crippen molar-refractivity contribution in [3.63, 3.8) is 0 Å². The number of imidazole rings is 1. The highest BCUT2D eigenvalue weighted by molar-refractivity contribution is 5.78. The first kappa shape index (κ1) is 12.0. The van der Waals surface area contributed by atoms with Gasteiger partial charge in [-0.1, -0.05) is 0 Å². The molecule has 0 amide bonds. The molecule has 4 saturated carbocycles. The number of rotatable bonds is 1. The molecule has 0 atom stereocenters. The Morgan fingerprint density at radius 3 is 2.38 bits per heavy atom. The Balaban J connectivity index is 1.74. The van der Waals surface area contributed by atoms with E-state index in [1.165, 1.54) is 44.1 Å². The molecule has 110 valence electrons. The van der Waals surface area contributed by atoms with Gasteiger partial charge in [0.15, 0.2) is 5.65 Å². The van der Waals surface area contributed by atoms with Crippen molar-refractivity contribution in [1.29, 1.82) is 0 Å². The standard InChI is InChI=1S/C17H22N4/c1-10-2-3-19-15-14(10)20-16(18)21(15)17-7-11-4-12(8-17)6-13(5-11)9-17/h2-3,11-13H,4-9H2,1H3,(H2,18,20). The summed E-state index contributed by atoms with van der Waals surface area (Å²) < 4.78 is 2.32. The molecule has 0 aromatic carbocycles. The molecular weight excluding hydrogens is 260 g/mol. The van der Waals surface area contributed by atoms with Gasteiger partial charge >= 0.3 is 0 Å². The van der Waals surface area contributed by atoms with Crippen molar-refractivity contribution in [3.8, 4) is 0 Å². The number of nitrogen functional groups attached to an aromatic ring is 1. The number of pyridine rings is 1. The molecular formula is C17H22N4. The molecule has 2 aromatic rings. The lowest BCUT2D eigenvalue weighted by atomic mass is 9.53. The van der Waals surface area contributed by atoms with Crippen LogP contribution in [0.3, 0.4) is 0 Å². The van der Waals surface area contributed by atoms with Gasteiger partial charge in [-0.2, -0.15) is 0 Å². The average Bonchev–Trinajstić information content (AvgIpc) is 2.75. The molecule has 4 nitrogen and oxygen atoms in total. The van der Waals surface area contributed by atoms with E-state index >= 15 is 0 Å². The van der Waals surface area contributed by atoms with Crippen LogP contribution >= 0.6 is 0 Å². The molecule has 21 heavy (non-hydrogen) atoms.